The van der Waals surface area contributed by atoms with Gasteiger partial charge in [-0.15, -0.1) is 0 Å². The number of halogens is 1. The molecular weight excluding hydrogens is 316 g/mol. The molecule has 4 nitrogen and oxygen atoms in total. The Balaban J connectivity index is 2.10. The molecule has 0 aromatic heterocycles. The molecular formula is C18H17ClO4. The molecule has 0 radical (unpaired) electrons. The van der Waals surface area contributed by atoms with Gasteiger partial charge in [0.15, 0.2) is 0 Å². The van der Waals surface area contributed by atoms with Gasteiger partial charge >= 0.3 is 12.3 Å². The van der Waals surface area contributed by atoms with Gasteiger partial charge in [-0.3, -0.25) is 0 Å². The highest BCUT2D eigenvalue weighted by Crippen LogP contribution is 2.44. The summed E-state index contributed by atoms with van der Waals surface area (Å²) in [5, 5.41) is 0.577. The molecule has 0 saturated carbocycles. The lowest BCUT2D eigenvalue weighted by Gasteiger charge is -2.39. The van der Waals surface area contributed by atoms with Crippen LogP contribution in [0.15, 0.2) is 48.5 Å². The van der Waals surface area contributed by atoms with Crippen LogP contribution in [0.2, 0.25) is 5.02 Å². The fourth-order valence-electron chi connectivity index (χ4n) is 2.68. The Morgan fingerprint density at radius 2 is 2.00 bits per heavy atom. The summed E-state index contributed by atoms with van der Waals surface area (Å²) < 4.78 is 16.7. The number of esters is 1. The Morgan fingerprint density at radius 1 is 1.26 bits per heavy atom. The van der Waals surface area contributed by atoms with Crippen LogP contribution in [0, 0.1) is 0 Å². The van der Waals surface area contributed by atoms with Gasteiger partial charge in [0.1, 0.15) is 11.4 Å². The van der Waals surface area contributed by atoms with Crippen molar-refractivity contribution < 1.29 is 19.0 Å². The highest BCUT2D eigenvalue weighted by Gasteiger charge is 2.43. The first-order valence-corrected chi connectivity index (χ1v) is 7.79. The van der Waals surface area contributed by atoms with E-state index in [4.69, 9.17) is 25.8 Å². The largest absolute Gasteiger partial charge is 0.461 e. The number of benzene rings is 2. The maximum absolute atomic E-state index is 12.1. The minimum atomic E-state index is -1.12. The van der Waals surface area contributed by atoms with Gasteiger partial charge in [0.05, 0.1) is 6.61 Å². The maximum Gasteiger partial charge on any atom is 0.376 e. The summed E-state index contributed by atoms with van der Waals surface area (Å²) in [6.45, 7) is 3.90. The summed E-state index contributed by atoms with van der Waals surface area (Å²) in [6.07, 6.45) is -1.12. The fourth-order valence-corrected chi connectivity index (χ4v) is 2.85. The second-order valence-corrected chi connectivity index (χ2v) is 5.80. The highest BCUT2D eigenvalue weighted by molar-refractivity contribution is 6.30. The topological polar surface area (TPSA) is 44.8 Å². The van der Waals surface area contributed by atoms with Crippen molar-refractivity contribution in [2.45, 2.75) is 25.7 Å². The second kappa shape index (κ2) is 6.22. The fraction of sp³-hybridized carbons (Fsp3) is 0.278. The SMILES string of the molecule is CCOC(=O)[C@H]1Oc2ccc(Cl)cc2[C@](C)(c2ccccc2)O1. The first-order chi connectivity index (χ1) is 11.0. The van der Waals surface area contributed by atoms with E-state index in [0.29, 0.717) is 10.8 Å². The molecule has 2 aromatic carbocycles. The molecule has 120 valence electrons. The van der Waals surface area contributed by atoms with Gasteiger partial charge in [0.25, 0.3) is 0 Å². The molecule has 5 heteroatoms. The monoisotopic (exact) mass is 332 g/mol. The number of carbonyl (C=O) groups excluding carboxylic acids is 1. The second-order valence-electron chi connectivity index (χ2n) is 5.36. The minimum absolute atomic E-state index is 0.261. The maximum atomic E-state index is 12.1. The van der Waals surface area contributed by atoms with E-state index in [2.05, 4.69) is 0 Å². The average molecular weight is 333 g/mol. The van der Waals surface area contributed by atoms with E-state index in [-0.39, 0.29) is 6.61 Å². The van der Waals surface area contributed by atoms with Gasteiger partial charge in [-0.1, -0.05) is 41.9 Å². The van der Waals surface area contributed by atoms with Crippen LogP contribution in [0.1, 0.15) is 25.0 Å². The van der Waals surface area contributed by atoms with Crippen molar-refractivity contribution in [1.29, 1.82) is 0 Å². The first kappa shape index (κ1) is 15.8. The van der Waals surface area contributed by atoms with E-state index in [0.717, 1.165) is 11.1 Å². The molecule has 23 heavy (non-hydrogen) atoms. The van der Waals surface area contributed by atoms with Crippen LogP contribution in [-0.4, -0.2) is 18.9 Å². The Hall–Kier alpha value is -2.04. The van der Waals surface area contributed by atoms with Crippen molar-refractivity contribution in [3.63, 3.8) is 0 Å². The number of fused-ring (bicyclic) bond motifs is 1. The lowest BCUT2D eigenvalue weighted by Crippen LogP contribution is -2.45. The van der Waals surface area contributed by atoms with Crippen LogP contribution in [0.5, 0.6) is 5.75 Å². The van der Waals surface area contributed by atoms with Crippen LogP contribution >= 0.6 is 11.6 Å². The van der Waals surface area contributed by atoms with Crippen LogP contribution in [-0.2, 0) is 19.9 Å². The minimum Gasteiger partial charge on any atom is -0.461 e. The number of hydrogen-bond acceptors (Lipinski definition) is 4. The van der Waals surface area contributed by atoms with Crippen molar-refractivity contribution in [2.24, 2.45) is 0 Å². The molecule has 0 saturated heterocycles. The summed E-state index contributed by atoms with van der Waals surface area (Å²) in [4.78, 5) is 12.1. The number of rotatable bonds is 3. The lowest BCUT2D eigenvalue weighted by molar-refractivity contribution is -0.205. The van der Waals surface area contributed by atoms with Crippen molar-refractivity contribution in [2.75, 3.05) is 6.61 Å². The van der Waals surface area contributed by atoms with E-state index in [1.807, 2.05) is 37.3 Å². The molecule has 1 aliphatic heterocycles. The Morgan fingerprint density at radius 3 is 2.70 bits per heavy atom. The molecule has 0 unspecified atom stereocenters. The van der Waals surface area contributed by atoms with Gasteiger partial charge in [0, 0.05) is 10.6 Å². The zero-order valence-corrected chi connectivity index (χ0v) is 13.7. The molecule has 0 amide bonds. The first-order valence-electron chi connectivity index (χ1n) is 7.41. The van der Waals surface area contributed by atoms with Gasteiger partial charge in [0.2, 0.25) is 0 Å². The van der Waals surface area contributed by atoms with E-state index >= 15 is 0 Å². The molecule has 1 heterocycles. The van der Waals surface area contributed by atoms with Gasteiger partial charge in [-0.25, -0.2) is 4.79 Å². The van der Waals surface area contributed by atoms with E-state index in [1.54, 1.807) is 25.1 Å². The number of ether oxygens (including phenoxy) is 3. The van der Waals surface area contributed by atoms with Crippen LogP contribution in [0.3, 0.4) is 0 Å². The molecule has 0 N–H and O–H groups in total. The van der Waals surface area contributed by atoms with E-state index in [1.165, 1.54) is 0 Å². The van der Waals surface area contributed by atoms with Crippen molar-refractivity contribution in [3.8, 4) is 5.75 Å². The molecule has 0 spiro atoms. The number of hydrogen-bond donors (Lipinski definition) is 0. The van der Waals surface area contributed by atoms with Crippen molar-refractivity contribution in [3.05, 3.63) is 64.7 Å². The average Bonchev–Trinajstić information content (AvgIpc) is 2.56. The molecule has 0 aliphatic carbocycles. The summed E-state index contributed by atoms with van der Waals surface area (Å²) >= 11 is 6.14. The summed E-state index contributed by atoms with van der Waals surface area (Å²) in [5.41, 5.74) is 0.815. The summed E-state index contributed by atoms with van der Waals surface area (Å²) in [7, 11) is 0. The standard InChI is InChI=1S/C18H17ClO4/c1-3-21-16(20)17-22-15-10-9-13(19)11-14(15)18(2,23-17)12-7-5-4-6-8-12/h4-11,17H,3H2,1-2H3/t17-,18-/m0/s1. The van der Waals surface area contributed by atoms with Crippen molar-refractivity contribution >= 4 is 17.6 Å². The van der Waals surface area contributed by atoms with Crippen LogP contribution in [0.4, 0.5) is 0 Å². The third-order valence-corrected chi connectivity index (χ3v) is 4.07. The van der Waals surface area contributed by atoms with Gasteiger partial charge in [-0.2, -0.15) is 0 Å². The lowest BCUT2D eigenvalue weighted by atomic mass is 9.86. The normalized spacial score (nSPS) is 22.8. The molecule has 0 fully saturated rings. The zero-order chi connectivity index (χ0) is 16.4. The third-order valence-electron chi connectivity index (χ3n) is 3.84. The summed E-state index contributed by atoms with van der Waals surface area (Å²) in [5.74, 6) is 0.0142. The van der Waals surface area contributed by atoms with Crippen molar-refractivity contribution in [1.82, 2.24) is 0 Å². The van der Waals surface area contributed by atoms with Crippen LogP contribution < -0.4 is 4.74 Å². The van der Waals surface area contributed by atoms with Gasteiger partial charge < -0.3 is 14.2 Å². The van der Waals surface area contributed by atoms with Crippen LogP contribution in [0.25, 0.3) is 0 Å². The molecule has 2 aromatic rings. The zero-order valence-electron chi connectivity index (χ0n) is 12.9. The quantitative estimate of drug-likeness (QED) is 0.800. The van der Waals surface area contributed by atoms with E-state index in [9.17, 15) is 4.79 Å². The molecule has 3 rings (SSSR count). The van der Waals surface area contributed by atoms with E-state index < -0.39 is 17.9 Å². The Bertz CT molecular complexity index is 716. The molecule has 1 aliphatic rings. The predicted octanol–water partition coefficient (Wildman–Crippen LogP) is 3.90. The third kappa shape index (κ3) is 2.92. The Kier molecular flexibility index (Phi) is 4.28. The Labute approximate surface area is 139 Å². The molecule has 0 bridgehead atoms. The smallest absolute Gasteiger partial charge is 0.376 e. The molecule has 2 atom stereocenters. The van der Waals surface area contributed by atoms with Gasteiger partial charge in [-0.05, 0) is 37.6 Å². The number of carbonyl (C=O) groups is 1. The summed E-state index contributed by atoms with van der Waals surface area (Å²) in [6, 6.07) is 14.9. The highest BCUT2D eigenvalue weighted by atomic mass is 35.5. The predicted molar refractivity (Wildman–Crippen MR) is 86.5 cm³/mol.